The van der Waals surface area contributed by atoms with Crippen molar-refractivity contribution in [1.29, 1.82) is 10.8 Å². The molecule has 0 spiro atoms. The molecule has 0 aromatic heterocycles. The summed E-state index contributed by atoms with van der Waals surface area (Å²) in [5, 5.41) is 22.6. The second-order valence-corrected chi connectivity index (χ2v) is 9.75. The van der Waals surface area contributed by atoms with Crippen molar-refractivity contribution < 1.29 is 4.39 Å². The van der Waals surface area contributed by atoms with Crippen LogP contribution in [0.1, 0.15) is 60.8 Å². The number of halogens is 1. The zero-order valence-electron chi connectivity index (χ0n) is 20.8. The molecule has 0 amide bonds. The lowest BCUT2D eigenvalue weighted by Crippen LogP contribution is -2.62. The second-order valence-electron chi connectivity index (χ2n) is 9.75. The van der Waals surface area contributed by atoms with Crippen LogP contribution in [0.4, 0.5) is 4.39 Å². The van der Waals surface area contributed by atoms with Crippen molar-refractivity contribution in [2.24, 2.45) is 11.5 Å². The van der Waals surface area contributed by atoms with Crippen LogP contribution >= 0.6 is 0 Å². The van der Waals surface area contributed by atoms with E-state index in [0.717, 1.165) is 31.2 Å². The minimum Gasteiger partial charge on any atom is -0.404 e. The lowest BCUT2D eigenvalue weighted by Gasteiger charge is -2.49. The molecule has 8 N–H and O–H groups in total. The van der Waals surface area contributed by atoms with Crippen LogP contribution in [0.3, 0.4) is 0 Å². The largest absolute Gasteiger partial charge is 0.404 e. The van der Waals surface area contributed by atoms with E-state index < -0.39 is 5.83 Å². The van der Waals surface area contributed by atoms with Gasteiger partial charge >= 0.3 is 0 Å². The van der Waals surface area contributed by atoms with Crippen LogP contribution in [0.25, 0.3) is 0 Å². The van der Waals surface area contributed by atoms with E-state index in [1.54, 1.807) is 12.3 Å². The van der Waals surface area contributed by atoms with Gasteiger partial charge in [-0.2, -0.15) is 0 Å². The van der Waals surface area contributed by atoms with Crippen LogP contribution in [0.2, 0.25) is 0 Å². The van der Waals surface area contributed by atoms with Gasteiger partial charge in [0.05, 0.1) is 11.4 Å². The van der Waals surface area contributed by atoms with Crippen LogP contribution < -0.4 is 22.1 Å². The smallest absolute Gasteiger partial charge is 0.149 e. The molecule has 0 aromatic rings. The molecular weight excluding hydrogens is 417 g/mol. The Labute approximate surface area is 197 Å². The highest BCUT2D eigenvalue weighted by molar-refractivity contribution is 5.98. The lowest BCUT2D eigenvalue weighted by molar-refractivity contribution is 0.107. The summed E-state index contributed by atoms with van der Waals surface area (Å²) in [5.74, 6) is -0.0630. The molecule has 8 heteroatoms. The molecule has 0 bridgehead atoms. The van der Waals surface area contributed by atoms with E-state index in [1.165, 1.54) is 12.3 Å². The molecule has 3 heterocycles. The first-order valence-corrected chi connectivity index (χ1v) is 11.6. The second kappa shape index (κ2) is 10.4. The Kier molecular flexibility index (Phi) is 8.30. The number of nitrogens with two attached hydrogens (primary N) is 2. The van der Waals surface area contributed by atoms with Crippen molar-refractivity contribution in [3.05, 3.63) is 58.5 Å². The summed E-state index contributed by atoms with van der Waals surface area (Å²) < 4.78 is 14.7. The van der Waals surface area contributed by atoms with E-state index >= 15 is 0 Å². The van der Waals surface area contributed by atoms with E-state index in [0.29, 0.717) is 23.4 Å². The first-order valence-electron chi connectivity index (χ1n) is 11.6. The van der Waals surface area contributed by atoms with Gasteiger partial charge in [-0.15, -0.1) is 0 Å². The van der Waals surface area contributed by atoms with E-state index in [-0.39, 0.29) is 28.5 Å². The molecule has 3 rings (SSSR count). The predicted molar refractivity (Wildman–Crippen MR) is 135 cm³/mol. The maximum absolute atomic E-state index is 14.7. The molecule has 0 aromatic carbocycles. The number of amidine groups is 1. The standard InChI is InChI=1S/C23H34FN7.C2H6/c1-22(2)9-17(10-23(3,4)30-22)31-6-5-14(21(31)28)8-19(27)20-18(24)7-15(13-29-20)16(11-25)12-26;1-2/h7-8,11-13,17,25,28-30H,5-6,9-10,26-27H2,1-4H3;1-2H3/b14-8-,16-12+,20-19-,25-11?,28-21?;. The summed E-state index contributed by atoms with van der Waals surface area (Å²) in [7, 11) is 0. The molecule has 0 aliphatic carbocycles. The highest BCUT2D eigenvalue weighted by atomic mass is 19.1. The number of nitrogens with one attached hydrogen (secondary N) is 4. The predicted octanol–water partition coefficient (Wildman–Crippen LogP) is 3.93. The van der Waals surface area contributed by atoms with Gasteiger partial charge in [0.2, 0.25) is 0 Å². The third-order valence-corrected chi connectivity index (χ3v) is 6.00. The molecule has 182 valence electrons. The van der Waals surface area contributed by atoms with Gasteiger partial charge in [0, 0.05) is 53.4 Å². The van der Waals surface area contributed by atoms with Gasteiger partial charge in [0.25, 0.3) is 0 Å². The third kappa shape index (κ3) is 6.13. The quantitative estimate of drug-likeness (QED) is 0.357. The van der Waals surface area contributed by atoms with Gasteiger partial charge in [-0.25, -0.2) is 4.39 Å². The summed E-state index contributed by atoms with van der Waals surface area (Å²) >= 11 is 0. The number of dihydropyridines is 1. The molecule has 7 nitrogen and oxygen atoms in total. The van der Waals surface area contributed by atoms with Crippen LogP contribution in [0.15, 0.2) is 58.5 Å². The molecule has 2 saturated heterocycles. The number of allylic oxidation sites excluding steroid dienone is 5. The Morgan fingerprint density at radius 2 is 1.82 bits per heavy atom. The summed E-state index contributed by atoms with van der Waals surface area (Å²) in [6, 6.07) is 0.274. The Bertz CT molecular complexity index is 918. The molecule has 0 atom stereocenters. The van der Waals surface area contributed by atoms with E-state index in [9.17, 15) is 4.39 Å². The van der Waals surface area contributed by atoms with Gasteiger partial charge < -0.3 is 32.4 Å². The summed E-state index contributed by atoms with van der Waals surface area (Å²) in [5.41, 5.74) is 13.7. The first-order chi connectivity index (χ1) is 15.5. The SMILES string of the molecule is CC.CC1(C)CC(N2CC/C(=C/C(N)=C3/NC=C(/C(C=N)=C/N)C=C3F)C2=N)CC(C)(C)N1. The fraction of sp³-hybridized carbons (Fsp3) is 0.520. The average molecular weight is 458 g/mol. The summed E-state index contributed by atoms with van der Waals surface area (Å²) in [4.78, 5) is 2.16. The van der Waals surface area contributed by atoms with Crippen LogP contribution in [-0.2, 0) is 0 Å². The van der Waals surface area contributed by atoms with Crippen molar-refractivity contribution in [2.75, 3.05) is 6.54 Å². The van der Waals surface area contributed by atoms with E-state index in [1.807, 2.05) is 13.8 Å². The summed E-state index contributed by atoms with van der Waals surface area (Å²) in [6.07, 6.45) is 9.50. The molecule has 0 radical (unpaired) electrons. The van der Waals surface area contributed by atoms with Gasteiger partial charge in [-0.3, -0.25) is 5.41 Å². The van der Waals surface area contributed by atoms with Gasteiger partial charge in [-0.05, 0) is 64.7 Å². The fourth-order valence-electron chi connectivity index (χ4n) is 4.99. The van der Waals surface area contributed by atoms with Crippen LogP contribution in [0.5, 0.6) is 0 Å². The molecule has 0 saturated carbocycles. The first kappa shape index (κ1) is 26.4. The number of hydrogen-bond acceptors (Lipinski definition) is 6. The Balaban J connectivity index is 0.00000187. The molecule has 0 unspecified atom stereocenters. The van der Waals surface area contributed by atoms with E-state index in [4.69, 9.17) is 22.3 Å². The highest BCUT2D eigenvalue weighted by Crippen LogP contribution is 2.35. The highest BCUT2D eigenvalue weighted by Gasteiger charge is 2.42. The van der Waals surface area contributed by atoms with Crippen molar-refractivity contribution in [2.45, 2.75) is 77.9 Å². The molecular formula is C25H40FN7. The van der Waals surface area contributed by atoms with Crippen molar-refractivity contribution in [3.63, 3.8) is 0 Å². The normalized spacial score (nSPS) is 25.5. The molecule has 3 aliphatic rings. The zero-order valence-corrected chi connectivity index (χ0v) is 20.8. The summed E-state index contributed by atoms with van der Waals surface area (Å²) in [6.45, 7) is 13.6. The molecule has 3 aliphatic heterocycles. The van der Waals surface area contributed by atoms with Crippen LogP contribution in [-0.4, -0.2) is 40.6 Å². The van der Waals surface area contributed by atoms with Gasteiger partial charge in [0.15, 0.2) is 0 Å². The minimum absolute atomic E-state index is 0.00252. The number of rotatable bonds is 4. The van der Waals surface area contributed by atoms with Gasteiger partial charge in [-0.1, -0.05) is 13.8 Å². The molecule has 33 heavy (non-hydrogen) atoms. The molecule has 2 fully saturated rings. The number of likely N-dealkylation sites (tertiary alicyclic amines) is 1. The topological polar surface area (TPSA) is 127 Å². The fourth-order valence-corrected chi connectivity index (χ4v) is 4.99. The monoisotopic (exact) mass is 457 g/mol. The number of piperidine rings is 1. The minimum atomic E-state index is -0.531. The number of hydrogen-bond donors (Lipinski definition) is 6. The Morgan fingerprint density at radius 3 is 2.33 bits per heavy atom. The maximum atomic E-state index is 14.7. The van der Waals surface area contributed by atoms with E-state index in [2.05, 4.69) is 43.2 Å². The van der Waals surface area contributed by atoms with Crippen LogP contribution in [0, 0.1) is 10.8 Å². The van der Waals surface area contributed by atoms with Crippen molar-refractivity contribution in [3.8, 4) is 0 Å². The number of nitrogens with zero attached hydrogens (tertiary/aromatic N) is 1. The Hall–Kier alpha value is -2.87. The van der Waals surface area contributed by atoms with Gasteiger partial charge in [0.1, 0.15) is 11.7 Å². The lowest BCUT2D eigenvalue weighted by atomic mass is 9.79. The third-order valence-electron chi connectivity index (χ3n) is 6.00. The maximum Gasteiger partial charge on any atom is 0.149 e. The van der Waals surface area contributed by atoms with Crippen molar-refractivity contribution >= 4 is 12.1 Å². The van der Waals surface area contributed by atoms with Crippen molar-refractivity contribution in [1.82, 2.24) is 15.5 Å². The zero-order chi connectivity index (χ0) is 25.0. The Morgan fingerprint density at radius 1 is 1.21 bits per heavy atom. The average Bonchev–Trinajstić information content (AvgIpc) is 3.08.